The lowest BCUT2D eigenvalue weighted by molar-refractivity contribution is -0.122. The lowest BCUT2D eigenvalue weighted by Gasteiger charge is -2.12. The average molecular weight is 370 g/mol. The van der Waals surface area contributed by atoms with E-state index in [1.165, 1.54) is 6.26 Å². The Morgan fingerprint density at radius 3 is 2.58 bits per heavy atom. The van der Waals surface area contributed by atoms with Gasteiger partial charge in [-0.3, -0.25) is 19.3 Å². The van der Waals surface area contributed by atoms with Crippen molar-refractivity contribution in [2.24, 2.45) is 0 Å². The first-order valence-electron chi connectivity index (χ1n) is 8.10. The van der Waals surface area contributed by atoms with Crippen LogP contribution in [0.4, 0.5) is 4.79 Å². The number of aryl methyl sites for hydroxylation is 2. The van der Waals surface area contributed by atoms with E-state index < -0.39 is 0 Å². The van der Waals surface area contributed by atoms with Crippen LogP contribution in [0.5, 0.6) is 0 Å². The molecule has 2 heterocycles. The molecule has 0 saturated carbocycles. The lowest BCUT2D eigenvalue weighted by Crippen LogP contribution is -2.37. The van der Waals surface area contributed by atoms with Crippen LogP contribution in [0, 0.1) is 13.8 Å². The highest BCUT2D eigenvalue weighted by molar-refractivity contribution is 8.18. The number of hydrogen-bond donors (Lipinski definition) is 1. The number of thioether (sulfide) groups is 1. The van der Waals surface area contributed by atoms with E-state index in [1.54, 1.807) is 19.1 Å². The third kappa shape index (κ3) is 3.88. The number of nitrogens with zero attached hydrogens (tertiary/aromatic N) is 1. The van der Waals surface area contributed by atoms with Gasteiger partial charge in [-0.1, -0.05) is 29.8 Å². The summed E-state index contributed by atoms with van der Waals surface area (Å²) in [6, 6.07) is 9.39. The van der Waals surface area contributed by atoms with Gasteiger partial charge >= 0.3 is 0 Å². The molecule has 0 spiro atoms. The maximum Gasteiger partial charge on any atom is 0.293 e. The smallest absolute Gasteiger partial charge is 0.293 e. The summed E-state index contributed by atoms with van der Waals surface area (Å²) in [5.41, 5.74) is 2.72. The van der Waals surface area contributed by atoms with Gasteiger partial charge in [0.25, 0.3) is 17.1 Å². The number of amides is 3. The Balaban J connectivity index is 1.60. The summed E-state index contributed by atoms with van der Waals surface area (Å²) in [6.07, 6.45) is 3.14. The van der Waals surface area contributed by atoms with E-state index in [1.807, 2.05) is 31.2 Å². The summed E-state index contributed by atoms with van der Waals surface area (Å²) < 4.78 is 5.11. The van der Waals surface area contributed by atoms with Gasteiger partial charge in [0.1, 0.15) is 0 Å². The van der Waals surface area contributed by atoms with Gasteiger partial charge in [0.15, 0.2) is 5.76 Å². The van der Waals surface area contributed by atoms with Gasteiger partial charge in [-0.05, 0) is 43.3 Å². The second kappa shape index (κ2) is 7.61. The van der Waals surface area contributed by atoms with Gasteiger partial charge in [-0.15, -0.1) is 0 Å². The van der Waals surface area contributed by atoms with Gasteiger partial charge in [-0.25, -0.2) is 0 Å². The zero-order valence-electron chi connectivity index (χ0n) is 14.4. The molecule has 0 atom stereocenters. The molecule has 0 radical (unpaired) electrons. The van der Waals surface area contributed by atoms with Crippen molar-refractivity contribution in [3.05, 3.63) is 64.0 Å². The molecular formula is C19H18N2O4S. The van der Waals surface area contributed by atoms with E-state index in [4.69, 9.17) is 4.42 Å². The Morgan fingerprint density at radius 1 is 1.19 bits per heavy atom. The quantitative estimate of drug-likeness (QED) is 0.817. The number of imide groups is 1. The lowest BCUT2D eigenvalue weighted by atomic mass is 10.1. The summed E-state index contributed by atoms with van der Waals surface area (Å²) in [5, 5.41) is 2.32. The maximum atomic E-state index is 12.4. The second-order valence-corrected chi connectivity index (χ2v) is 6.93. The molecule has 1 aromatic heterocycles. The molecule has 3 amide bonds. The second-order valence-electron chi connectivity index (χ2n) is 5.93. The van der Waals surface area contributed by atoms with Crippen molar-refractivity contribution in [3.63, 3.8) is 0 Å². The van der Waals surface area contributed by atoms with Crippen molar-refractivity contribution in [3.8, 4) is 0 Å². The van der Waals surface area contributed by atoms with Crippen molar-refractivity contribution < 1.29 is 18.8 Å². The predicted molar refractivity (Wildman–Crippen MR) is 99.6 cm³/mol. The number of furan rings is 1. The predicted octanol–water partition coefficient (Wildman–Crippen LogP) is 3.36. The average Bonchev–Trinajstić information content (AvgIpc) is 3.15. The maximum absolute atomic E-state index is 12.4. The molecule has 1 aromatic carbocycles. The molecule has 1 N–H and O–H groups in total. The van der Waals surface area contributed by atoms with Crippen molar-refractivity contribution in [1.82, 2.24) is 10.2 Å². The summed E-state index contributed by atoms with van der Waals surface area (Å²) in [7, 11) is 0. The normalized spacial score (nSPS) is 15.8. The highest BCUT2D eigenvalue weighted by Gasteiger charge is 2.34. The van der Waals surface area contributed by atoms with Gasteiger partial charge in [-0.2, -0.15) is 0 Å². The SMILES string of the molecule is Cc1ccc(/C=C2\SC(=O)N(CCNC(=O)c3occc3C)C2=O)cc1. The minimum Gasteiger partial charge on any atom is -0.459 e. The molecule has 1 fully saturated rings. The molecule has 2 aromatic rings. The largest absolute Gasteiger partial charge is 0.459 e. The van der Waals surface area contributed by atoms with Crippen molar-refractivity contribution in [2.75, 3.05) is 13.1 Å². The van der Waals surface area contributed by atoms with E-state index in [-0.39, 0.29) is 35.9 Å². The van der Waals surface area contributed by atoms with Gasteiger partial charge in [0.05, 0.1) is 11.2 Å². The molecule has 0 aliphatic carbocycles. The number of nitrogens with one attached hydrogen (secondary N) is 1. The van der Waals surface area contributed by atoms with E-state index >= 15 is 0 Å². The summed E-state index contributed by atoms with van der Waals surface area (Å²) >= 11 is 0.907. The van der Waals surface area contributed by atoms with Gasteiger partial charge in [0.2, 0.25) is 0 Å². The summed E-state index contributed by atoms with van der Waals surface area (Å²) in [5.74, 6) is -0.475. The number of carbonyl (C=O) groups is 3. The molecule has 1 saturated heterocycles. The minimum atomic E-state index is -0.366. The first kappa shape index (κ1) is 18.0. The third-order valence-electron chi connectivity index (χ3n) is 3.94. The number of rotatable bonds is 5. The van der Waals surface area contributed by atoms with E-state index in [0.29, 0.717) is 4.91 Å². The molecule has 0 unspecified atom stereocenters. The molecule has 1 aliphatic rings. The van der Waals surface area contributed by atoms with Crippen molar-refractivity contribution in [2.45, 2.75) is 13.8 Å². The monoisotopic (exact) mass is 370 g/mol. The first-order chi connectivity index (χ1) is 12.5. The molecular weight excluding hydrogens is 352 g/mol. The fourth-order valence-corrected chi connectivity index (χ4v) is 3.34. The van der Waals surface area contributed by atoms with Crippen LogP contribution < -0.4 is 5.32 Å². The Kier molecular flexibility index (Phi) is 5.27. The number of hydrogen-bond acceptors (Lipinski definition) is 5. The fourth-order valence-electron chi connectivity index (χ4n) is 2.47. The van der Waals surface area contributed by atoms with E-state index in [9.17, 15) is 14.4 Å². The van der Waals surface area contributed by atoms with Crippen LogP contribution in [-0.4, -0.2) is 35.0 Å². The van der Waals surface area contributed by atoms with Gasteiger partial charge in [0, 0.05) is 18.7 Å². The fraction of sp³-hybridized carbons (Fsp3) is 0.211. The molecule has 1 aliphatic heterocycles. The topological polar surface area (TPSA) is 79.6 Å². The Hall–Kier alpha value is -2.80. The zero-order valence-corrected chi connectivity index (χ0v) is 15.3. The third-order valence-corrected chi connectivity index (χ3v) is 4.85. The Labute approximate surface area is 155 Å². The first-order valence-corrected chi connectivity index (χ1v) is 8.91. The van der Waals surface area contributed by atoms with Crippen molar-refractivity contribution >= 4 is 34.9 Å². The van der Waals surface area contributed by atoms with Crippen LogP contribution in [0.3, 0.4) is 0 Å². The van der Waals surface area contributed by atoms with Crippen LogP contribution in [0.15, 0.2) is 45.9 Å². The van der Waals surface area contributed by atoms with Gasteiger partial charge < -0.3 is 9.73 Å². The Bertz CT molecular complexity index is 883. The molecule has 3 rings (SSSR count). The standard InChI is InChI=1S/C19H18N2O4S/c1-12-3-5-14(6-4-12)11-15-18(23)21(19(24)26-15)9-8-20-17(22)16-13(2)7-10-25-16/h3-7,10-11H,8-9H2,1-2H3,(H,20,22)/b15-11-. The minimum absolute atomic E-state index is 0.113. The molecule has 7 heteroatoms. The van der Waals surface area contributed by atoms with E-state index in [0.717, 1.165) is 33.4 Å². The molecule has 134 valence electrons. The summed E-state index contributed by atoms with van der Waals surface area (Å²) in [4.78, 5) is 38.0. The summed E-state index contributed by atoms with van der Waals surface area (Å²) in [6.45, 7) is 4.02. The van der Waals surface area contributed by atoms with Crippen LogP contribution in [0.2, 0.25) is 0 Å². The van der Waals surface area contributed by atoms with Crippen LogP contribution >= 0.6 is 11.8 Å². The van der Waals surface area contributed by atoms with Crippen LogP contribution in [0.25, 0.3) is 6.08 Å². The zero-order chi connectivity index (χ0) is 18.7. The van der Waals surface area contributed by atoms with E-state index in [2.05, 4.69) is 5.32 Å². The van der Waals surface area contributed by atoms with Crippen LogP contribution in [-0.2, 0) is 4.79 Å². The number of carbonyl (C=O) groups excluding carboxylic acids is 3. The Morgan fingerprint density at radius 2 is 1.92 bits per heavy atom. The molecule has 0 bridgehead atoms. The van der Waals surface area contributed by atoms with Crippen LogP contribution in [0.1, 0.15) is 27.2 Å². The molecule has 26 heavy (non-hydrogen) atoms. The van der Waals surface area contributed by atoms with Crippen molar-refractivity contribution in [1.29, 1.82) is 0 Å². The number of benzene rings is 1. The highest BCUT2D eigenvalue weighted by atomic mass is 32.2. The molecule has 6 nitrogen and oxygen atoms in total. The highest BCUT2D eigenvalue weighted by Crippen LogP contribution is 2.31.